The van der Waals surface area contributed by atoms with Crippen LogP contribution in [0.25, 0.3) is 11.0 Å². The van der Waals surface area contributed by atoms with Crippen molar-refractivity contribution in [3.63, 3.8) is 0 Å². The Morgan fingerprint density at radius 1 is 1.36 bits per heavy atom. The van der Waals surface area contributed by atoms with Gasteiger partial charge in [0.2, 0.25) is 0 Å². The summed E-state index contributed by atoms with van der Waals surface area (Å²) < 4.78 is 27.5. The monoisotopic (exact) mass is 448 g/mol. The summed E-state index contributed by atoms with van der Waals surface area (Å²) in [5, 5.41) is 9.18. The van der Waals surface area contributed by atoms with Crippen LogP contribution >= 0.6 is 0 Å². The molecule has 33 heavy (non-hydrogen) atoms. The first-order valence-corrected chi connectivity index (χ1v) is 11.3. The van der Waals surface area contributed by atoms with Gasteiger partial charge in [-0.2, -0.15) is 5.26 Å². The molecule has 0 radical (unpaired) electrons. The zero-order chi connectivity index (χ0) is 23.0. The molecular weight excluding hydrogens is 423 g/mol. The van der Waals surface area contributed by atoms with Crippen LogP contribution in [-0.2, 0) is 11.3 Å². The molecule has 1 aromatic heterocycles. The molecule has 3 aromatic rings. The molecule has 1 saturated heterocycles. The van der Waals surface area contributed by atoms with Crippen LogP contribution in [0.4, 0.5) is 14.9 Å². The molecule has 1 spiro atoms. The van der Waals surface area contributed by atoms with E-state index in [0.29, 0.717) is 25.2 Å². The molecule has 0 N–H and O–H groups in total. The number of nitrogens with zero attached hydrogens (tertiary/aromatic N) is 4. The van der Waals surface area contributed by atoms with Crippen molar-refractivity contribution in [1.82, 2.24) is 9.55 Å². The van der Waals surface area contributed by atoms with E-state index in [2.05, 4.69) is 4.98 Å². The molecular formula is C25H25FN4O3. The largest absolute Gasteiger partial charge is 0.494 e. The van der Waals surface area contributed by atoms with Crippen molar-refractivity contribution in [2.75, 3.05) is 18.1 Å². The minimum atomic E-state index is -0.557. The molecule has 2 atom stereocenters. The van der Waals surface area contributed by atoms with Gasteiger partial charge >= 0.3 is 6.09 Å². The molecule has 5 rings (SSSR count). The van der Waals surface area contributed by atoms with Crippen LogP contribution in [0, 0.1) is 23.1 Å². The zero-order valence-corrected chi connectivity index (χ0v) is 18.5. The summed E-state index contributed by atoms with van der Waals surface area (Å²) >= 11 is 0. The number of anilines is 1. The van der Waals surface area contributed by atoms with Crippen LogP contribution in [0.15, 0.2) is 42.7 Å². The highest BCUT2D eigenvalue weighted by Crippen LogP contribution is 2.42. The van der Waals surface area contributed by atoms with Crippen molar-refractivity contribution in [3.05, 3.63) is 54.1 Å². The number of carbonyl (C=O) groups excluding carboxylic acids is 1. The van der Waals surface area contributed by atoms with Crippen LogP contribution < -0.4 is 9.64 Å². The first kappa shape index (κ1) is 21.3. The number of halogens is 1. The SMILES string of the molecule is CCOc1cccc(N2C[C@@]3(CCC[C@H](Cn4cnc5cc(F)c(C#N)cc54)C3)OC2=O)c1. The van der Waals surface area contributed by atoms with Crippen LogP contribution in [0.5, 0.6) is 5.75 Å². The van der Waals surface area contributed by atoms with E-state index in [-0.39, 0.29) is 17.6 Å². The average Bonchev–Trinajstić information content (AvgIpc) is 3.33. The topological polar surface area (TPSA) is 80.4 Å². The lowest BCUT2D eigenvalue weighted by molar-refractivity contribution is 0.00439. The van der Waals surface area contributed by atoms with E-state index in [1.165, 1.54) is 6.07 Å². The number of carbonyl (C=O) groups is 1. The molecule has 0 unspecified atom stereocenters. The predicted molar refractivity (Wildman–Crippen MR) is 121 cm³/mol. The van der Waals surface area contributed by atoms with E-state index in [1.807, 2.05) is 41.8 Å². The number of hydrogen-bond donors (Lipinski definition) is 0. The molecule has 2 aromatic carbocycles. The maximum absolute atomic E-state index is 13.9. The third-order valence-corrected chi connectivity index (χ3v) is 6.60. The van der Waals surface area contributed by atoms with E-state index in [4.69, 9.17) is 9.47 Å². The highest BCUT2D eigenvalue weighted by atomic mass is 19.1. The number of ether oxygens (including phenoxy) is 2. The Morgan fingerprint density at radius 3 is 3.06 bits per heavy atom. The second-order valence-corrected chi connectivity index (χ2v) is 8.86. The second kappa shape index (κ2) is 8.39. The summed E-state index contributed by atoms with van der Waals surface area (Å²) in [6, 6.07) is 12.3. The zero-order valence-electron chi connectivity index (χ0n) is 18.5. The fourth-order valence-electron chi connectivity index (χ4n) is 5.15. The van der Waals surface area contributed by atoms with Crippen molar-refractivity contribution in [2.24, 2.45) is 5.92 Å². The average molecular weight is 448 g/mol. The van der Waals surface area contributed by atoms with Gasteiger partial charge in [0.1, 0.15) is 23.2 Å². The van der Waals surface area contributed by atoms with E-state index < -0.39 is 11.4 Å². The Kier molecular flexibility index (Phi) is 5.41. The van der Waals surface area contributed by atoms with Gasteiger partial charge in [0.05, 0.1) is 41.8 Å². The van der Waals surface area contributed by atoms with Gasteiger partial charge in [0.25, 0.3) is 0 Å². The highest BCUT2D eigenvalue weighted by Gasteiger charge is 2.48. The molecule has 8 heteroatoms. The highest BCUT2D eigenvalue weighted by molar-refractivity contribution is 5.90. The Hall–Kier alpha value is -3.60. The Labute approximate surface area is 191 Å². The summed E-state index contributed by atoms with van der Waals surface area (Å²) in [7, 11) is 0. The van der Waals surface area contributed by atoms with Crippen LogP contribution in [0.3, 0.4) is 0 Å². The summed E-state index contributed by atoms with van der Waals surface area (Å²) in [4.78, 5) is 18.8. The van der Waals surface area contributed by atoms with E-state index in [1.54, 1.807) is 17.3 Å². The molecule has 7 nitrogen and oxygen atoms in total. The standard InChI is InChI=1S/C25H25FN4O3/c1-2-32-20-7-3-6-19(10-20)30-15-25(33-24(30)31)8-4-5-17(12-25)14-29-16-28-22-11-21(26)18(13-27)9-23(22)29/h3,6-7,9-11,16-17H,2,4-5,8,12,14-15H2,1H3/t17-,25-/m0/s1. The lowest BCUT2D eigenvalue weighted by Gasteiger charge is -2.36. The van der Waals surface area contributed by atoms with Crippen molar-refractivity contribution in [2.45, 2.75) is 44.8 Å². The van der Waals surface area contributed by atoms with Crippen molar-refractivity contribution < 1.29 is 18.7 Å². The van der Waals surface area contributed by atoms with Crippen LogP contribution in [-0.4, -0.2) is 34.4 Å². The number of benzene rings is 2. The smallest absolute Gasteiger partial charge is 0.415 e. The van der Waals surface area contributed by atoms with Gasteiger partial charge in [-0.15, -0.1) is 0 Å². The van der Waals surface area contributed by atoms with Gasteiger partial charge in [-0.3, -0.25) is 4.90 Å². The number of amides is 1. The molecule has 2 heterocycles. The maximum Gasteiger partial charge on any atom is 0.415 e. The molecule has 170 valence electrons. The fourth-order valence-corrected chi connectivity index (χ4v) is 5.15. The van der Waals surface area contributed by atoms with Gasteiger partial charge in [0.15, 0.2) is 0 Å². The lowest BCUT2D eigenvalue weighted by atomic mass is 9.78. The first-order valence-electron chi connectivity index (χ1n) is 11.3. The summed E-state index contributed by atoms with van der Waals surface area (Å²) in [5.74, 6) is 0.443. The van der Waals surface area contributed by atoms with Gasteiger partial charge in [-0.25, -0.2) is 14.2 Å². The van der Waals surface area contributed by atoms with Crippen molar-refractivity contribution in [3.8, 4) is 11.8 Å². The first-order chi connectivity index (χ1) is 16.0. The molecule has 2 fully saturated rings. The molecule has 1 aliphatic heterocycles. The molecule has 0 bridgehead atoms. The number of rotatable bonds is 5. The van der Waals surface area contributed by atoms with Crippen molar-refractivity contribution >= 4 is 22.8 Å². The van der Waals surface area contributed by atoms with Crippen LogP contribution in [0.2, 0.25) is 0 Å². The van der Waals surface area contributed by atoms with Gasteiger partial charge in [-0.1, -0.05) is 6.07 Å². The minimum absolute atomic E-state index is 0.0130. The fraction of sp³-hybridized carbons (Fsp3) is 0.400. The summed E-state index contributed by atoms with van der Waals surface area (Å²) in [6.45, 7) is 3.67. The number of fused-ring (bicyclic) bond motifs is 1. The Morgan fingerprint density at radius 2 is 2.24 bits per heavy atom. The predicted octanol–water partition coefficient (Wildman–Crippen LogP) is 5.03. The number of hydrogen-bond acceptors (Lipinski definition) is 5. The molecule has 1 amide bonds. The normalized spacial score (nSPS) is 22.5. The molecule has 1 saturated carbocycles. The maximum atomic E-state index is 13.9. The summed E-state index contributed by atoms with van der Waals surface area (Å²) in [5.41, 5.74) is 1.53. The minimum Gasteiger partial charge on any atom is -0.494 e. The van der Waals surface area contributed by atoms with E-state index >= 15 is 0 Å². The van der Waals surface area contributed by atoms with E-state index in [9.17, 15) is 14.4 Å². The van der Waals surface area contributed by atoms with Crippen LogP contribution in [0.1, 0.15) is 38.2 Å². The van der Waals surface area contributed by atoms with E-state index in [0.717, 1.165) is 42.6 Å². The van der Waals surface area contributed by atoms with Gasteiger partial charge < -0.3 is 14.0 Å². The van der Waals surface area contributed by atoms with Gasteiger partial charge in [0, 0.05) is 18.7 Å². The number of nitriles is 1. The quantitative estimate of drug-likeness (QED) is 0.547. The third kappa shape index (κ3) is 3.99. The number of imidazole rings is 1. The Balaban J connectivity index is 1.34. The molecule has 1 aliphatic carbocycles. The summed E-state index contributed by atoms with van der Waals surface area (Å²) in [6.07, 6.45) is 4.89. The Bertz CT molecular complexity index is 1250. The van der Waals surface area contributed by atoms with Crippen molar-refractivity contribution in [1.29, 1.82) is 5.26 Å². The molecule has 2 aliphatic rings. The lowest BCUT2D eigenvalue weighted by Crippen LogP contribution is -2.40. The third-order valence-electron chi connectivity index (χ3n) is 6.60. The second-order valence-electron chi connectivity index (χ2n) is 8.86. The number of aromatic nitrogens is 2. The van der Waals surface area contributed by atoms with Gasteiger partial charge in [-0.05, 0) is 56.7 Å².